The molecule has 0 aromatic heterocycles. The number of nitrogens with one attached hydrogen (secondary N) is 1. The Bertz CT molecular complexity index is 449. The van der Waals surface area contributed by atoms with Crippen LogP contribution in [0.4, 0.5) is 0 Å². The zero-order valence-electron chi connectivity index (χ0n) is 9.50. The fraction of sp³-hybridized carbons (Fsp3) is 0.417. The van der Waals surface area contributed by atoms with Crippen molar-refractivity contribution in [3.63, 3.8) is 0 Å². The quantitative estimate of drug-likeness (QED) is 0.651. The van der Waals surface area contributed by atoms with Crippen molar-refractivity contribution in [2.45, 2.75) is 18.9 Å². The lowest BCUT2D eigenvalue weighted by Gasteiger charge is -2.33. The van der Waals surface area contributed by atoms with Crippen LogP contribution in [-0.4, -0.2) is 24.2 Å². The highest BCUT2D eigenvalue weighted by Crippen LogP contribution is 2.39. The van der Waals surface area contributed by atoms with Crippen molar-refractivity contribution in [2.75, 3.05) is 13.2 Å². The standard InChI is InChI=1S/C12H14BrNO3/c1-2-16-11(14)12(15)5-6-17-10-7-8(13)3-4-9(10)12/h3-4,7,14-15H,2,5-6H2,1H3. The number of hydrogen-bond donors (Lipinski definition) is 2. The molecule has 1 unspecified atom stereocenters. The SMILES string of the molecule is CCOC(=N)C1(O)CCOc2cc(Br)ccc21. The minimum absolute atomic E-state index is 0.119. The molecule has 0 spiro atoms. The van der Waals surface area contributed by atoms with E-state index in [0.29, 0.717) is 30.9 Å². The summed E-state index contributed by atoms with van der Waals surface area (Å²) in [6, 6.07) is 5.36. The summed E-state index contributed by atoms with van der Waals surface area (Å²) in [6.45, 7) is 2.53. The van der Waals surface area contributed by atoms with E-state index < -0.39 is 5.60 Å². The first-order valence-electron chi connectivity index (χ1n) is 5.45. The van der Waals surface area contributed by atoms with Gasteiger partial charge in [-0.1, -0.05) is 22.0 Å². The Morgan fingerprint density at radius 2 is 2.41 bits per heavy atom. The second-order valence-electron chi connectivity index (χ2n) is 3.86. The molecule has 1 aromatic rings. The Balaban J connectivity index is 2.43. The van der Waals surface area contributed by atoms with Crippen LogP contribution >= 0.6 is 15.9 Å². The van der Waals surface area contributed by atoms with E-state index in [-0.39, 0.29) is 5.90 Å². The third-order valence-electron chi connectivity index (χ3n) is 2.77. The smallest absolute Gasteiger partial charge is 0.218 e. The van der Waals surface area contributed by atoms with Gasteiger partial charge < -0.3 is 14.6 Å². The van der Waals surface area contributed by atoms with E-state index in [2.05, 4.69) is 15.9 Å². The first kappa shape index (κ1) is 12.4. The number of rotatable bonds is 2. The molecule has 5 heteroatoms. The highest BCUT2D eigenvalue weighted by molar-refractivity contribution is 9.10. The normalized spacial score (nSPS) is 22.5. The highest BCUT2D eigenvalue weighted by Gasteiger charge is 2.41. The fourth-order valence-electron chi connectivity index (χ4n) is 1.90. The van der Waals surface area contributed by atoms with Crippen molar-refractivity contribution in [2.24, 2.45) is 0 Å². The molecule has 1 heterocycles. The van der Waals surface area contributed by atoms with Crippen LogP contribution in [0.3, 0.4) is 0 Å². The molecule has 17 heavy (non-hydrogen) atoms. The lowest BCUT2D eigenvalue weighted by molar-refractivity contribution is 0.0353. The van der Waals surface area contributed by atoms with E-state index in [0.717, 1.165) is 4.47 Å². The van der Waals surface area contributed by atoms with Crippen molar-refractivity contribution >= 4 is 21.8 Å². The maximum Gasteiger partial charge on any atom is 0.218 e. The van der Waals surface area contributed by atoms with E-state index in [1.807, 2.05) is 6.07 Å². The molecule has 0 aliphatic carbocycles. The summed E-state index contributed by atoms with van der Waals surface area (Å²) in [5, 5.41) is 18.4. The second-order valence-corrected chi connectivity index (χ2v) is 4.78. The van der Waals surface area contributed by atoms with Crippen LogP contribution in [0.2, 0.25) is 0 Å². The lowest BCUT2D eigenvalue weighted by atomic mass is 9.88. The summed E-state index contributed by atoms with van der Waals surface area (Å²) in [5.41, 5.74) is -0.782. The van der Waals surface area contributed by atoms with Crippen LogP contribution in [0.15, 0.2) is 22.7 Å². The molecule has 0 saturated heterocycles. The molecule has 1 aliphatic rings. The highest BCUT2D eigenvalue weighted by atomic mass is 79.9. The topological polar surface area (TPSA) is 62.5 Å². The predicted octanol–water partition coefficient (Wildman–Crippen LogP) is 2.43. The van der Waals surface area contributed by atoms with Crippen molar-refractivity contribution in [3.05, 3.63) is 28.2 Å². The van der Waals surface area contributed by atoms with E-state index in [1.54, 1.807) is 19.1 Å². The average molecular weight is 300 g/mol. The first-order valence-corrected chi connectivity index (χ1v) is 6.24. The molecule has 92 valence electrons. The number of ether oxygens (including phenoxy) is 2. The molecule has 2 rings (SSSR count). The molecule has 1 atom stereocenters. The minimum atomic E-state index is -1.37. The van der Waals surface area contributed by atoms with E-state index in [4.69, 9.17) is 14.9 Å². The maximum atomic E-state index is 10.6. The maximum absolute atomic E-state index is 10.6. The van der Waals surface area contributed by atoms with Crippen molar-refractivity contribution in [1.82, 2.24) is 0 Å². The van der Waals surface area contributed by atoms with Crippen LogP contribution in [0.1, 0.15) is 18.9 Å². The molecule has 1 aliphatic heterocycles. The summed E-state index contributed by atoms with van der Waals surface area (Å²) in [4.78, 5) is 0. The zero-order valence-corrected chi connectivity index (χ0v) is 11.1. The van der Waals surface area contributed by atoms with Gasteiger partial charge in [0.2, 0.25) is 5.90 Å². The van der Waals surface area contributed by atoms with Crippen molar-refractivity contribution in [3.8, 4) is 5.75 Å². The summed E-state index contributed by atoms with van der Waals surface area (Å²) in [5.74, 6) is 0.476. The van der Waals surface area contributed by atoms with Crippen molar-refractivity contribution < 1.29 is 14.6 Å². The Morgan fingerprint density at radius 3 is 3.12 bits per heavy atom. The van der Waals surface area contributed by atoms with Gasteiger partial charge in [0, 0.05) is 16.5 Å². The molecule has 0 radical (unpaired) electrons. The van der Waals surface area contributed by atoms with Crippen LogP contribution < -0.4 is 4.74 Å². The van der Waals surface area contributed by atoms with Gasteiger partial charge in [0.05, 0.1) is 13.2 Å². The van der Waals surface area contributed by atoms with Gasteiger partial charge in [-0.2, -0.15) is 0 Å². The Kier molecular flexibility index (Phi) is 3.40. The summed E-state index contributed by atoms with van der Waals surface area (Å²) in [6.07, 6.45) is 0.334. The van der Waals surface area contributed by atoms with Gasteiger partial charge in [-0.25, -0.2) is 0 Å². The molecule has 0 saturated carbocycles. The lowest BCUT2D eigenvalue weighted by Crippen LogP contribution is -2.41. The van der Waals surface area contributed by atoms with Crippen molar-refractivity contribution in [1.29, 1.82) is 5.41 Å². The van der Waals surface area contributed by atoms with Crippen LogP contribution in [0, 0.1) is 5.41 Å². The number of halogens is 1. The monoisotopic (exact) mass is 299 g/mol. The number of benzene rings is 1. The molecule has 4 nitrogen and oxygen atoms in total. The van der Waals surface area contributed by atoms with E-state index >= 15 is 0 Å². The predicted molar refractivity (Wildman–Crippen MR) is 67.5 cm³/mol. The zero-order chi connectivity index (χ0) is 12.5. The molecular formula is C12H14BrNO3. The second kappa shape index (κ2) is 4.66. The summed E-state index contributed by atoms with van der Waals surface area (Å²) < 4.78 is 11.5. The van der Waals surface area contributed by atoms with Gasteiger partial charge in [-0.05, 0) is 19.1 Å². The summed E-state index contributed by atoms with van der Waals surface area (Å²) in [7, 11) is 0. The molecule has 0 fully saturated rings. The number of hydrogen-bond acceptors (Lipinski definition) is 4. The van der Waals surface area contributed by atoms with Crippen LogP contribution in [0.5, 0.6) is 5.75 Å². The first-order chi connectivity index (χ1) is 8.08. The van der Waals surface area contributed by atoms with Crippen LogP contribution in [0.25, 0.3) is 0 Å². The Hall–Kier alpha value is -1.07. The minimum Gasteiger partial charge on any atom is -0.493 e. The fourth-order valence-corrected chi connectivity index (χ4v) is 2.24. The third-order valence-corrected chi connectivity index (χ3v) is 3.27. The van der Waals surface area contributed by atoms with Gasteiger partial charge >= 0.3 is 0 Å². The van der Waals surface area contributed by atoms with Gasteiger partial charge in [0.15, 0.2) is 5.60 Å². The van der Waals surface area contributed by atoms with Crippen LogP contribution in [-0.2, 0) is 10.3 Å². The Labute approximate surface area is 108 Å². The third kappa shape index (κ3) is 2.17. The van der Waals surface area contributed by atoms with Gasteiger partial charge in [0.25, 0.3) is 0 Å². The average Bonchev–Trinajstić information content (AvgIpc) is 2.29. The van der Waals surface area contributed by atoms with Gasteiger partial charge in [0.1, 0.15) is 5.75 Å². The number of aliphatic hydroxyl groups is 1. The molecular weight excluding hydrogens is 286 g/mol. The molecule has 2 N–H and O–H groups in total. The number of fused-ring (bicyclic) bond motifs is 1. The molecule has 1 aromatic carbocycles. The molecule has 0 amide bonds. The van der Waals surface area contributed by atoms with E-state index in [9.17, 15) is 5.11 Å². The van der Waals surface area contributed by atoms with Gasteiger partial charge in [-0.3, -0.25) is 5.41 Å². The Morgan fingerprint density at radius 1 is 1.65 bits per heavy atom. The largest absolute Gasteiger partial charge is 0.493 e. The summed E-state index contributed by atoms with van der Waals surface area (Å²) >= 11 is 3.35. The van der Waals surface area contributed by atoms with E-state index in [1.165, 1.54) is 0 Å². The van der Waals surface area contributed by atoms with Gasteiger partial charge in [-0.15, -0.1) is 0 Å². The molecule has 0 bridgehead atoms.